The van der Waals surface area contributed by atoms with Crippen molar-refractivity contribution in [2.75, 3.05) is 13.2 Å². The number of carbonyl (C=O) groups is 2. The lowest BCUT2D eigenvalue weighted by Gasteiger charge is -2.31. The van der Waals surface area contributed by atoms with E-state index >= 15 is 0 Å². The number of nitrogens with one attached hydrogen (secondary N) is 1. The van der Waals surface area contributed by atoms with E-state index in [1.54, 1.807) is 0 Å². The fraction of sp³-hybridized carbons (Fsp3) is 0.529. The van der Waals surface area contributed by atoms with Crippen LogP contribution in [0.4, 0.5) is 4.79 Å². The van der Waals surface area contributed by atoms with E-state index in [2.05, 4.69) is 5.43 Å². The summed E-state index contributed by atoms with van der Waals surface area (Å²) in [5.74, 6) is -0.306. The van der Waals surface area contributed by atoms with Gasteiger partial charge in [0.15, 0.2) is 0 Å². The number of hydrazine groups is 1. The first-order valence-corrected chi connectivity index (χ1v) is 8.11. The number of amides is 1. The lowest BCUT2D eigenvalue weighted by atomic mass is 10.1. The molecule has 0 radical (unpaired) electrons. The Balaban J connectivity index is 1.78. The van der Waals surface area contributed by atoms with Gasteiger partial charge in [0.05, 0.1) is 6.61 Å². The van der Waals surface area contributed by atoms with Gasteiger partial charge in [-0.25, -0.2) is 15.2 Å². The molecule has 23 heavy (non-hydrogen) atoms. The fourth-order valence-electron chi connectivity index (χ4n) is 2.30. The van der Waals surface area contributed by atoms with E-state index in [-0.39, 0.29) is 12.6 Å². The molecule has 6 heteroatoms. The van der Waals surface area contributed by atoms with Crippen molar-refractivity contribution in [2.24, 2.45) is 0 Å². The van der Waals surface area contributed by atoms with E-state index in [1.165, 1.54) is 5.01 Å². The van der Waals surface area contributed by atoms with Gasteiger partial charge in [-0.15, -0.1) is 0 Å². The number of esters is 1. The molecule has 1 aliphatic rings. The van der Waals surface area contributed by atoms with Crippen LogP contribution in [0.1, 0.15) is 38.2 Å². The van der Waals surface area contributed by atoms with Gasteiger partial charge >= 0.3 is 12.1 Å². The Morgan fingerprint density at radius 2 is 2.04 bits per heavy atom. The summed E-state index contributed by atoms with van der Waals surface area (Å²) < 4.78 is 10.5. The molecule has 1 saturated heterocycles. The van der Waals surface area contributed by atoms with Crippen LogP contribution in [0.5, 0.6) is 0 Å². The number of nitrogens with zero attached hydrogens (tertiary/aromatic N) is 1. The first-order chi connectivity index (χ1) is 11.2. The van der Waals surface area contributed by atoms with Crippen LogP contribution in [0.2, 0.25) is 0 Å². The average molecular weight is 320 g/mol. The van der Waals surface area contributed by atoms with Crippen molar-refractivity contribution in [1.29, 1.82) is 0 Å². The fourth-order valence-corrected chi connectivity index (χ4v) is 2.30. The highest BCUT2D eigenvalue weighted by atomic mass is 16.6. The molecule has 0 bridgehead atoms. The average Bonchev–Trinajstić information content (AvgIpc) is 2.61. The van der Waals surface area contributed by atoms with Crippen LogP contribution in [0.15, 0.2) is 30.3 Å². The molecule has 6 nitrogen and oxygen atoms in total. The van der Waals surface area contributed by atoms with E-state index < -0.39 is 12.1 Å². The van der Waals surface area contributed by atoms with E-state index in [1.807, 2.05) is 37.3 Å². The van der Waals surface area contributed by atoms with E-state index in [0.717, 1.165) is 24.8 Å². The molecule has 1 aromatic rings. The Bertz CT molecular complexity index is 507. The summed E-state index contributed by atoms with van der Waals surface area (Å²) in [5.41, 5.74) is 3.82. The Labute approximate surface area is 136 Å². The molecule has 1 atom stereocenters. The van der Waals surface area contributed by atoms with Crippen molar-refractivity contribution < 1.29 is 19.1 Å². The summed E-state index contributed by atoms with van der Waals surface area (Å²) in [5, 5.41) is 1.36. The van der Waals surface area contributed by atoms with Gasteiger partial charge in [0.1, 0.15) is 12.6 Å². The van der Waals surface area contributed by atoms with Crippen molar-refractivity contribution in [3.8, 4) is 0 Å². The second-order valence-electron chi connectivity index (χ2n) is 5.54. The quantitative estimate of drug-likeness (QED) is 0.644. The number of carbonyl (C=O) groups excluding carboxylic acids is 2. The third-order valence-corrected chi connectivity index (χ3v) is 3.64. The normalized spacial score (nSPS) is 17.6. The van der Waals surface area contributed by atoms with E-state index in [4.69, 9.17) is 9.47 Å². The lowest BCUT2D eigenvalue weighted by molar-refractivity contribution is -0.148. The molecule has 1 fully saturated rings. The highest BCUT2D eigenvalue weighted by Crippen LogP contribution is 2.11. The minimum absolute atomic E-state index is 0.212. The maximum absolute atomic E-state index is 12.1. The zero-order valence-electron chi connectivity index (χ0n) is 13.5. The first kappa shape index (κ1) is 17.3. The zero-order chi connectivity index (χ0) is 16.5. The highest BCUT2D eigenvalue weighted by Gasteiger charge is 2.29. The van der Waals surface area contributed by atoms with Gasteiger partial charge in [-0.2, -0.15) is 0 Å². The zero-order valence-corrected chi connectivity index (χ0v) is 13.5. The van der Waals surface area contributed by atoms with Crippen molar-refractivity contribution in [1.82, 2.24) is 10.4 Å². The summed E-state index contributed by atoms with van der Waals surface area (Å²) in [7, 11) is 0. The molecule has 2 rings (SSSR count). The third-order valence-electron chi connectivity index (χ3n) is 3.64. The van der Waals surface area contributed by atoms with Gasteiger partial charge in [-0.05, 0) is 24.8 Å². The van der Waals surface area contributed by atoms with Gasteiger partial charge in [0, 0.05) is 6.54 Å². The smallest absolute Gasteiger partial charge is 0.424 e. The topological polar surface area (TPSA) is 67.9 Å². The van der Waals surface area contributed by atoms with E-state index in [0.29, 0.717) is 19.6 Å². The molecule has 1 aliphatic heterocycles. The van der Waals surface area contributed by atoms with Gasteiger partial charge in [0.25, 0.3) is 0 Å². The first-order valence-electron chi connectivity index (χ1n) is 8.11. The molecular weight excluding hydrogens is 296 g/mol. The van der Waals surface area contributed by atoms with Gasteiger partial charge in [0.2, 0.25) is 0 Å². The molecule has 0 saturated carbocycles. The summed E-state index contributed by atoms with van der Waals surface area (Å²) in [6.07, 6.45) is 2.75. The summed E-state index contributed by atoms with van der Waals surface area (Å²) in [6.45, 7) is 3.19. The Hall–Kier alpha value is -2.08. The maximum Gasteiger partial charge on any atom is 0.424 e. The van der Waals surface area contributed by atoms with Crippen LogP contribution in [-0.4, -0.2) is 36.3 Å². The number of hydrogen-bond acceptors (Lipinski definition) is 5. The standard InChI is InChI=1S/C17H24N2O4/c1-2-3-12-22-16(20)15-10-7-11-19(18-15)17(21)23-13-14-8-5-4-6-9-14/h4-6,8-9,15,18H,2-3,7,10-13H2,1H3. The van der Waals surface area contributed by atoms with Gasteiger partial charge in [-0.3, -0.25) is 4.79 Å². The third kappa shape index (κ3) is 5.56. The number of ether oxygens (including phenoxy) is 2. The number of hydrogen-bond donors (Lipinski definition) is 1. The van der Waals surface area contributed by atoms with Crippen LogP contribution in [0.25, 0.3) is 0 Å². The second-order valence-corrected chi connectivity index (χ2v) is 5.54. The van der Waals surface area contributed by atoms with Crippen LogP contribution in [0.3, 0.4) is 0 Å². The lowest BCUT2D eigenvalue weighted by Crippen LogP contribution is -2.55. The molecule has 1 N–H and O–H groups in total. The summed E-state index contributed by atoms with van der Waals surface area (Å²) in [6, 6.07) is 9.00. The SMILES string of the molecule is CCCCOC(=O)C1CCCN(C(=O)OCc2ccccc2)N1. The predicted octanol–water partition coefficient (Wildman–Crippen LogP) is 2.64. The highest BCUT2D eigenvalue weighted by molar-refractivity contribution is 5.77. The molecule has 1 amide bonds. The molecule has 0 spiro atoms. The monoisotopic (exact) mass is 320 g/mol. The van der Waals surface area contributed by atoms with E-state index in [9.17, 15) is 9.59 Å². The van der Waals surface area contributed by atoms with Crippen molar-refractivity contribution in [2.45, 2.75) is 45.3 Å². The van der Waals surface area contributed by atoms with Crippen LogP contribution in [0, 0.1) is 0 Å². The number of benzene rings is 1. The molecule has 1 heterocycles. The molecule has 1 unspecified atom stereocenters. The predicted molar refractivity (Wildman–Crippen MR) is 85.4 cm³/mol. The minimum Gasteiger partial charge on any atom is -0.464 e. The maximum atomic E-state index is 12.1. The Kier molecular flexibility index (Phi) is 6.87. The Morgan fingerprint density at radius 1 is 1.26 bits per heavy atom. The van der Waals surface area contributed by atoms with Crippen LogP contribution in [-0.2, 0) is 20.9 Å². The molecule has 126 valence electrons. The van der Waals surface area contributed by atoms with Crippen molar-refractivity contribution in [3.63, 3.8) is 0 Å². The number of rotatable bonds is 6. The molecule has 0 aliphatic carbocycles. The molecular formula is C17H24N2O4. The van der Waals surface area contributed by atoms with Gasteiger partial charge < -0.3 is 9.47 Å². The van der Waals surface area contributed by atoms with Crippen LogP contribution < -0.4 is 5.43 Å². The summed E-state index contributed by atoms with van der Waals surface area (Å²) >= 11 is 0. The summed E-state index contributed by atoms with van der Waals surface area (Å²) in [4.78, 5) is 24.0. The van der Waals surface area contributed by atoms with Crippen molar-refractivity contribution >= 4 is 12.1 Å². The van der Waals surface area contributed by atoms with Gasteiger partial charge in [-0.1, -0.05) is 43.7 Å². The minimum atomic E-state index is -0.482. The second kappa shape index (κ2) is 9.15. The molecule has 0 aromatic heterocycles. The van der Waals surface area contributed by atoms with Crippen LogP contribution >= 0.6 is 0 Å². The Morgan fingerprint density at radius 3 is 2.78 bits per heavy atom. The largest absolute Gasteiger partial charge is 0.464 e. The number of unbranched alkanes of at least 4 members (excludes halogenated alkanes) is 1. The van der Waals surface area contributed by atoms with Crippen molar-refractivity contribution in [3.05, 3.63) is 35.9 Å². The molecule has 1 aromatic carbocycles.